The Balaban J connectivity index is 1.37. The molecule has 6 heteroatoms. The summed E-state index contributed by atoms with van der Waals surface area (Å²) in [6.07, 6.45) is 1.58. The number of aromatic nitrogens is 1. The van der Waals surface area contributed by atoms with E-state index in [2.05, 4.69) is 17.0 Å². The summed E-state index contributed by atoms with van der Waals surface area (Å²) in [4.78, 5) is 21.4. The summed E-state index contributed by atoms with van der Waals surface area (Å²) in [5.41, 5.74) is 1.97. The van der Waals surface area contributed by atoms with Gasteiger partial charge in [-0.3, -0.25) is 9.69 Å². The van der Waals surface area contributed by atoms with Crippen molar-refractivity contribution in [1.82, 2.24) is 14.8 Å². The van der Waals surface area contributed by atoms with Crippen molar-refractivity contribution in [3.63, 3.8) is 0 Å². The van der Waals surface area contributed by atoms with Crippen LogP contribution in [0.1, 0.15) is 21.1 Å². The molecular weight excluding hydrogens is 322 g/mol. The van der Waals surface area contributed by atoms with Crippen LogP contribution in [-0.2, 0) is 6.54 Å². The van der Waals surface area contributed by atoms with E-state index < -0.39 is 0 Å². The Morgan fingerprint density at radius 1 is 1.21 bits per heavy atom. The number of thiazole rings is 1. The molecule has 0 N–H and O–H groups in total. The lowest BCUT2D eigenvalue weighted by atomic mass is 10.2. The Labute approximate surface area is 144 Å². The molecule has 0 aliphatic carbocycles. The second-order valence-electron chi connectivity index (χ2n) is 6.08. The van der Waals surface area contributed by atoms with E-state index in [1.807, 2.05) is 30.0 Å². The summed E-state index contributed by atoms with van der Waals surface area (Å²) in [5.74, 6) is 0.465. The second-order valence-corrected chi connectivity index (χ2v) is 7.19. The number of aryl methyl sites for hydroxylation is 1. The van der Waals surface area contributed by atoms with Gasteiger partial charge in [0.25, 0.3) is 5.91 Å². The highest BCUT2D eigenvalue weighted by Gasteiger charge is 2.25. The van der Waals surface area contributed by atoms with E-state index in [9.17, 15) is 4.79 Å². The van der Waals surface area contributed by atoms with Crippen molar-refractivity contribution in [2.45, 2.75) is 13.5 Å². The van der Waals surface area contributed by atoms with Crippen LogP contribution in [0.3, 0.4) is 0 Å². The molecule has 5 nitrogen and oxygen atoms in total. The number of amides is 1. The molecule has 1 fully saturated rings. The average Bonchev–Trinajstić information content (AvgIpc) is 3.20. The largest absolute Gasteiger partial charge is 0.459 e. The summed E-state index contributed by atoms with van der Waals surface area (Å²) in [6.45, 7) is 5.93. The molecule has 24 heavy (non-hydrogen) atoms. The Kier molecular flexibility index (Phi) is 4.08. The zero-order chi connectivity index (χ0) is 16.5. The zero-order valence-electron chi connectivity index (χ0n) is 13.6. The molecule has 2 aromatic heterocycles. The molecule has 4 rings (SSSR count). The number of benzene rings is 1. The summed E-state index contributed by atoms with van der Waals surface area (Å²) < 4.78 is 6.55. The van der Waals surface area contributed by atoms with E-state index in [0.717, 1.165) is 48.8 Å². The number of hydrogen-bond acceptors (Lipinski definition) is 5. The van der Waals surface area contributed by atoms with Crippen molar-refractivity contribution >= 4 is 27.5 Å². The maximum atomic E-state index is 12.5. The van der Waals surface area contributed by atoms with Gasteiger partial charge >= 0.3 is 0 Å². The molecule has 124 valence electrons. The van der Waals surface area contributed by atoms with Gasteiger partial charge in [0.15, 0.2) is 5.76 Å². The molecule has 1 saturated heterocycles. The Bertz CT molecular complexity index is 829. The minimum atomic E-state index is -0.00265. The van der Waals surface area contributed by atoms with Crippen molar-refractivity contribution in [3.8, 4) is 0 Å². The number of rotatable bonds is 3. The minimum Gasteiger partial charge on any atom is -0.459 e. The third-order valence-corrected chi connectivity index (χ3v) is 5.43. The van der Waals surface area contributed by atoms with E-state index >= 15 is 0 Å². The third-order valence-electron chi connectivity index (χ3n) is 4.41. The first-order valence-electron chi connectivity index (χ1n) is 8.11. The molecular formula is C18H19N3O2S. The van der Waals surface area contributed by atoms with Gasteiger partial charge in [0.2, 0.25) is 0 Å². The van der Waals surface area contributed by atoms with E-state index in [4.69, 9.17) is 9.40 Å². The lowest BCUT2D eigenvalue weighted by Crippen LogP contribution is -2.48. The standard InChI is InChI=1S/C18H19N3O2S/c1-13-6-11-23-17(13)18(22)21-9-7-20(8-10-21)12-16-19-14-4-2-3-5-15(14)24-16/h2-6,11H,7-10,12H2,1H3. The predicted octanol–water partition coefficient (Wildman–Crippen LogP) is 3.16. The molecule has 1 aliphatic rings. The van der Waals surface area contributed by atoms with Gasteiger partial charge < -0.3 is 9.32 Å². The van der Waals surface area contributed by atoms with Gasteiger partial charge in [0, 0.05) is 31.7 Å². The Morgan fingerprint density at radius 3 is 2.71 bits per heavy atom. The normalized spacial score (nSPS) is 16.0. The first-order valence-corrected chi connectivity index (χ1v) is 8.92. The highest BCUT2D eigenvalue weighted by molar-refractivity contribution is 7.18. The maximum Gasteiger partial charge on any atom is 0.289 e. The number of fused-ring (bicyclic) bond motifs is 1. The molecule has 0 radical (unpaired) electrons. The number of para-hydroxylation sites is 1. The fourth-order valence-electron chi connectivity index (χ4n) is 3.02. The smallest absolute Gasteiger partial charge is 0.289 e. The fourth-order valence-corrected chi connectivity index (χ4v) is 4.03. The Morgan fingerprint density at radius 2 is 2.00 bits per heavy atom. The first-order chi connectivity index (χ1) is 11.7. The number of furan rings is 1. The van der Waals surface area contributed by atoms with Crippen LogP contribution in [0, 0.1) is 6.92 Å². The maximum absolute atomic E-state index is 12.5. The van der Waals surface area contributed by atoms with Gasteiger partial charge in [-0.05, 0) is 25.1 Å². The van der Waals surface area contributed by atoms with Crippen LogP contribution in [0.2, 0.25) is 0 Å². The summed E-state index contributed by atoms with van der Waals surface area (Å²) in [6, 6.07) is 10.1. The number of carbonyl (C=O) groups excluding carboxylic acids is 1. The van der Waals surface area contributed by atoms with Gasteiger partial charge in [-0.2, -0.15) is 0 Å². The van der Waals surface area contributed by atoms with E-state index in [0.29, 0.717) is 5.76 Å². The van der Waals surface area contributed by atoms with Crippen LogP contribution >= 0.6 is 11.3 Å². The number of hydrogen-bond donors (Lipinski definition) is 0. The number of piperazine rings is 1. The molecule has 1 amide bonds. The summed E-state index contributed by atoms with van der Waals surface area (Å²) >= 11 is 1.75. The van der Waals surface area contributed by atoms with Crippen LogP contribution in [0.25, 0.3) is 10.2 Å². The van der Waals surface area contributed by atoms with E-state index in [1.54, 1.807) is 17.6 Å². The predicted molar refractivity (Wildman–Crippen MR) is 94.2 cm³/mol. The fraction of sp³-hybridized carbons (Fsp3) is 0.333. The topological polar surface area (TPSA) is 49.6 Å². The van der Waals surface area contributed by atoms with Crippen LogP contribution < -0.4 is 0 Å². The summed E-state index contributed by atoms with van der Waals surface area (Å²) in [5, 5.41) is 1.14. The van der Waals surface area contributed by atoms with Gasteiger partial charge in [-0.15, -0.1) is 11.3 Å². The van der Waals surface area contributed by atoms with Crippen LogP contribution in [0.5, 0.6) is 0 Å². The van der Waals surface area contributed by atoms with Gasteiger partial charge in [0.1, 0.15) is 5.01 Å². The highest BCUT2D eigenvalue weighted by atomic mass is 32.1. The lowest BCUT2D eigenvalue weighted by molar-refractivity contribution is 0.0597. The molecule has 0 atom stereocenters. The second kappa shape index (κ2) is 6.37. The summed E-state index contributed by atoms with van der Waals surface area (Å²) in [7, 11) is 0. The molecule has 1 aromatic carbocycles. The third kappa shape index (κ3) is 2.95. The van der Waals surface area contributed by atoms with Crippen LogP contribution in [0.4, 0.5) is 0 Å². The van der Waals surface area contributed by atoms with Crippen molar-refractivity contribution < 1.29 is 9.21 Å². The molecule has 0 spiro atoms. The monoisotopic (exact) mass is 341 g/mol. The number of nitrogens with zero attached hydrogens (tertiary/aromatic N) is 3. The SMILES string of the molecule is Cc1ccoc1C(=O)N1CCN(Cc2nc3ccccc3s2)CC1. The van der Waals surface area contributed by atoms with Gasteiger partial charge in [0.05, 0.1) is 23.0 Å². The first kappa shape index (κ1) is 15.4. The highest BCUT2D eigenvalue weighted by Crippen LogP contribution is 2.23. The quantitative estimate of drug-likeness (QED) is 0.734. The van der Waals surface area contributed by atoms with E-state index in [-0.39, 0.29) is 5.91 Å². The van der Waals surface area contributed by atoms with Crippen LogP contribution in [0.15, 0.2) is 41.0 Å². The molecule has 1 aliphatic heterocycles. The van der Waals surface area contributed by atoms with Crippen molar-refractivity contribution in [2.24, 2.45) is 0 Å². The lowest BCUT2D eigenvalue weighted by Gasteiger charge is -2.33. The number of carbonyl (C=O) groups is 1. The molecule has 3 heterocycles. The average molecular weight is 341 g/mol. The zero-order valence-corrected chi connectivity index (χ0v) is 14.4. The molecule has 3 aromatic rings. The molecule has 0 saturated carbocycles. The van der Waals surface area contributed by atoms with Crippen molar-refractivity contribution in [3.05, 3.63) is 52.9 Å². The molecule has 0 bridgehead atoms. The van der Waals surface area contributed by atoms with Gasteiger partial charge in [-0.25, -0.2) is 4.98 Å². The van der Waals surface area contributed by atoms with Gasteiger partial charge in [-0.1, -0.05) is 12.1 Å². The molecule has 0 unspecified atom stereocenters. The van der Waals surface area contributed by atoms with Crippen molar-refractivity contribution in [2.75, 3.05) is 26.2 Å². The minimum absolute atomic E-state index is 0.00265. The van der Waals surface area contributed by atoms with Crippen LogP contribution in [-0.4, -0.2) is 46.9 Å². The van der Waals surface area contributed by atoms with E-state index in [1.165, 1.54) is 4.70 Å². The van der Waals surface area contributed by atoms with Crippen molar-refractivity contribution in [1.29, 1.82) is 0 Å². The Hall–Kier alpha value is -2.18.